The molecule has 0 spiro atoms. The maximum absolute atomic E-state index is 12.4. The van der Waals surface area contributed by atoms with Gasteiger partial charge in [0.15, 0.2) is 6.10 Å². The van der Waals surface area contributed by atoms with Gasteiger partial charge in [0, 0.05) is 12.2 Å². The number of fused-ring (bicyclic) bond motifs is 2. The molecule has 0 N–H and O–H groups in total. The van der Waals surface area contributed by atoms with Crippen LogP contribution >= 0.6 is 0 Å². The molecule has 1 unspecified atom stereocenters. The van der Waals surface area contributed by atoms with Gasteiger partial charge in [-0.1, -0.05) is 60.7 Å². The minimum atomic E-state index is -0.673. The molecule has 2 aromatic rings. The maximum Gasteiger partial charge on any atom is 0.337 e. The van der Waals surface area contributed by atoms with Gasteiger partial charge >= 0.3 is 5.97 Å². The molecular formula is C23H24N2O3. The van der Waals surface area contributed by atoms with E-state index in [2.05, 4.69) is 35.3 Å². The van der Waals surface area contributed by atoms with Gasteiger partial charge < -0.3 is 9.64 Å². The van der Waals surface area contributed by atoms with Crippen LogP contribution in [0.5, 0.6) is 0 Å². The number of rotatable bonds is 6. The van der Waals surface area contributed by atoms with Gasteiger partial charge in [0.25, 0.3) is 0 Å². The summed E-state index contributed by atoms with van der Waals surface area (Å²) in [7, 11) is 0. The van der Waals surface area contributed by atoms with Crippen molar-refractivity contribution >= 4 is 29.5 Å². The summed E-state index contributed by atoms with van der Waals surface area (Å²) in [6.07, 6.45) is 7.65. The number of carbonyl (C=O) groups excluding carboxylic acids is 1. The highest BCUT2D eigenvalue weighted by molar-refractivity contribution is 5.75. The van der Waals surface area contributed by atoms with Crippen molar-refractivity contribution in [3.8, 4) is 0 Å². The van der Waals surface area contributed by atoms with Gasteiger partial charge in [-0.2, -0.15) is 0 Å². The first-order chi connectivity index (χ1) is 13.7. The lowest BCUT2D eigenvalue weighted by Crippen LogP contribution is -2.36. The molecule has 0 saturated carbocycles. The molecule has 2 aliphatic heterocycles. The normalized spacial score (nSPS) is 15.8. The van der Waals surface area contributed by atoms with E-state index in [4.69, 9.17) is 9.57 Å². The number of hydrogen-bond acceptors (Lipinski definition) is 5. The highest BCUT2D eigenvalue weighted by atomic mass is 16.7. The van der Waals surface area contributed by atoms with E-state index in [1.165, 1.54) is 11.3 Å². The summed E-state index contributed by atoms with van der Waals surface area (Å²) in [5.74, 6) is -0.354. The second-order valence-electron chi connectivity index (χ2n) is 6.84. The topological polar surface area (TPSA) is 42.0 Å². The Bertz CT molecular complexity index is 906. The fourth-order valence-electron chi connectivity index (χ4n) is 3.47. The van der Waals surface area contributed by atoms with Crippen molar-refractivity contribution in [2.75, 3.05) is 36.2 Å². The summed E-state index contributed by atoms with van der Waals surface area (Å²) in [4.78, 5) is 20.5. The van der Waals surface area contributed by atoms with Crippen LogP contribution in [-0.2, 0) is 14.4 Å². The molecule has 5 heteroatoms. The molecule has 0 saturated heterocycles. The minimum absolute atomic E-state index is 0.325. The average molecular weight is 376 g/mol. The van der Waals surface area contributed by atoms with Crippen molar-refractivity contribution < 1.29 is 14.4 Å². The van der Waals surface area contributed by atoms with Crippen molar-refractivity contribution in [3.05, 3.63) is 71.8 Å². The monoisotopic (exact) mass is 376 g/mol. The van der Waals surface area contributed by atoms with Crippen molar-refractivity contribution in [2.24, 2.45) is 0 Å². The largest absolute Gasteiger partial charge is 0.462 e. The summed E-state index contributed by atoms with van der Waals surface area (Å²) in [5.41, 5.74) is 4.39. The summed E-state index contributed by atoms with van der Waals surface area (Å²) in [6, 6.07) is 16.2. The van der Waals surface area contributed by atoms with Gasteiger partial charge in [0.05, 0.1) is 18.8 Å². The van der Waals surface area contributed by atoms with Crippen LogP contribution in [0, 0.1) is 0 Å². The Morgan fingerprint density at radius 1 is 0.964 bits per heavy atom. The van der Waals surface area contributed by atoms with Crippen LogP contribution in [0.1, 0.15) is 18.1 Å². The number of esters is 1. The van der Waals surface area contributed by atoms with Crippen molar-refractivity contribution in [2.45, 2.75) is 13.0 Å². The first-order valence-electron chi connectivity index (χ1n) is 9.59. The third kappa shape index (κ3) is 3.94. The lowest BCUT2D eigenvalue weighted by molar-refractivity contribution is -0.156. The summed E-state index contributed by atoms with van der Waals surface area (Å²) in [6.45, 7) is 4.12. The molecule has 0 amide bonds. The maximum atomic E-state index is 12.4. The van der Waals surface area contributed by atoms with Crippen LogP contribution in [0.4, 0.5) is 11.4 Å². The highest BCUT2D eigenvalue weighted by Gasteiger charge is 2.22. The van der Waals surface area contributed by atoms with Crippen molar-refractivity contribution in [1.29, 1.82) is 0 Å². The third-order valence-electron chi connectivity index (χ3n) is 4.90. The number of anilines is 2. The number of ether oxygens (including phenoxy) is 1. The van der Waals surface area contributed by atoms with E-state index in [1.807, 2.05) is 42.5 Å². The van der Waals surface area contributed by atoms with E-state index < -0.39 is 6.10 Å². The molecule has 0 aromatic heterocycles. The van der Waals surface area contributed by atoms with Crippen molar-refractivity contribution in [3.63, 3.8) is 0 Å². The van der Waals surface area contributed by atoms with Crippen LogP contribution in [0.15, 0.2) is 60.7 Å². The predicted molar refractivity (Wildman–Crippen MR) is 112 cm³/mol. The fourth-order valence-corrected chi connectivity index (χ4v) is 3.47. The first kappa shape index (κ1) is 18.3. The van der Waals surface area contributed by atoms with Gasteiger partial charge in [0.1, 0.15) is 6.61 Å². The fraction of sp³-hybridized carbons (Fsp3) is 0.261. The molecule has 1 atom stereocenters. The van der Waals surface area contributed by atoms with Crippen LogP contribution in [0.3, 0.4) is 0 Å². The van der Waals surface area contributed by atoms with Gasteiger partial charge in [-0.05, 0) is 30.2 Å². The Kier molecular flexibility index (Phi) is 5.44. The second-order valence-corrected chi connectivity index (χ2v) is 6.84. The Labute approximate surface area is 165 Å². The van der Waals surface area contributed by atoms with Gasteiger partial charge in [0.2, 0.25) is 0 Å². The number of benzene rings is 2. The Morgan fingerprint density at radius 2 is 1.61 bits per heavy atom. The first-order valence-corrected chi connectivity index (χ1v) is 9.59. The van der Waals surface area contributed by atoms with E-state index in [-0.39, 0.29) is 5.97 Å². The average Bonchev–Trinajstić information content (AvgIpc) is 2.74. The molecule has 28 heavy (non-hydrogen) atoms. The molecule has 2 heterocycles. The highest BCUT2D eigenvalue weighted by Crippen LogP contribution is 2.27. The summed E-state index contributed by atoms with van der Waals surface area (Å²) >= 11 is 0. The number of para-hydroxylation sites is 2. The summed E-state index contributed by atoms with van der Waals surface area (Å²) in [5, 5.41) is 1.74. The van der Waals surface area contributed by atoms with E-state index in [0.717, 1.165) is 17.8 Å². The molecule has 2 aliphatic rings. The second kappa shape index (κ2) is 8.31. The third-order valence-corrected chi connectivity index (χ3v) is 4.90. The van der Waals surface area contributed by atoms with Gasteiger partial charge in [-0.3, -0.25) is 4.84 Å². The SMILES string of the molecule is CC(ON1CC=Cc2ccccc21)C(=O)OCCN1CC=Cc2ccccc21. The van der Waals surface area contributed by atoms with Crippen LogP contribution in [-0.4, -0.2) is 38.3 Å². The molecule has 4 rings (SSSR count). The number of nitrogens with zero attached hydrogens (tertiary/aromatic N) is 2. The zero-order chi connectivity index (χ0) is 19.3. The van der Waals surface area contributed by atoms with Gasteiger partial charge in [-0.15, -0.1) is 0 Å². The molecule has 0 bridgehead atoms. The van der Waals surface area contributed by atoms with Crippen LogP contribution in [0.2, 0.25) is 0 Å². The van der Waals surface area contributed by atoms with Crippen LogP contribution < -0.4 is 9.96 Å². The number of carbonyl (C=O) groups is 1. The van der Waals surface area contributed by atoms with E-state index in [0.29, 0.717) is 19.7 Å². The lowest BCUT2D eigenvalue weighted by Gasteiger charge is -2.30. The molecule has 144 valence electrons. The zero-order valence-corrected chi connectivity index (χ0v) is 16.0. The Hall–Kier alpha value is -3.05. The predicted octanol–water partition coefficient (Wildman–Crippen LogP) is 3.92. The smallest absolute Gasteiger partial charge is 0.337 e. The molecule has 0 fully saturated rings. The molecular weight excluding hydrogens is 352 g/mol. The van der Waals surface area contributed by atoms with Gasteiger partial charge in [-0.25, -0.2) is 9.86 Å². The number of hydrogen-bond donors (Lipinski definition) is 0. The standard InChI is InChI=1S/C23H24N2O3/c1-18(28-25-15-7-11-20-9-3-5-13-22(20)25)23(26)27-17-16-24-14-6-10-19-8-2-4-12-21(19)24/h2-13,18H,14-17H2,1H3. The molecule has 2 aromatic carbocycles. The Morgan fingerprint density at radius 3 is 2.39 bits per heavy atom. The molecule has 0 radical (unpaired) electrons. The number of hydroxylamine groups is 1. The summed E-state index contributed by atoms with van der Waals surface area (Å²) < 4.78 is 5.48. The minimum Gasteiger partial charge on any atom is -0.462 e. The van der Waals surface area contributed by atoms with Crippen LogP contribution in [0.25, 0.3) is 12.2 Å². The van der Waals surface area contributed by atoms with E-state index >= 15 is 0 Å². The molecule has 5 nitrogen and oxygen atoms in total. The lowest BCUT2D eigenvalue weighted by atomic mass is 10.1. The zero-order valence-electron chi connectivity index (χ0n) is 16.0. The molecule has 0 aliphatic carbocycles. The Balaban J connectivity index is 1.29. The van der Waals surface area contributed by atoms with E-state index in [1.54, 1.807) is 12.0 Å². The quantitative estimate of drug-likeness (QED) is 0.715. The van der Waals surface area contributed by atoms with Crippen molar-refractivity contribution in [1.82, 2.24) is 0 Å². The van der Waals surface area contributed by atoms with E-state index in [9.17, 15) is 4.79 Å².